The Morgan fingerprint density at radius 1 is 1.24 bits per heavy atom. The molecular formula is C18H21NO6. The maximum Gasteiger partial charge on any atom is 0.313 e. The molecule has 2 aromatic rings. The number of rotatable bonds is 6. The number of nitrogens with zero attached hydrogens (tertiary/aromatic N) is 1. The summed E-state index contributed by atoms with van der Waals surface area (Å²) in [7, 11) is 2.65. The molecule has 0 spiro atoms. The van der Waals surface area contributed by atoms with Gasteiger partial charge in [0.25, 0.3) is 0 Å². The Morgan fingerprint density at radius 2 is 2.00 bits per heavy atom. The van der Waals surface area contributed by atoms with Gasteiger partial charge in [0.05, 0.1) is 13.4 Å². The first-order valence-corrected chi connectivity index (χ1v) is 7.95. The number of carbonyl (C=O) groups excluding carboxylic acids is 1. The van der Waals surface area contributed by atoms with Gasteiger partial charge in [0, 0.05) is 13.7 Å². The molecule has 1 fully saturated rings. The van der Waals surface area contributed by atoms with Gasteiger partial charge in [-0.15, -0.1) is 0 Å². The lowest BCUT2D eigenvalue weighted by atomic mass is 9.92. The van der Waals surface area contributed by atoms with E-state index in [-0.39, 0.29) is 0 Å². The van der Waals surface area contributed by atoms with Crippen LogP contribution in [0.1, 0.15) is 17.4 Å². The average Bonchev–Trinajstić information content (AvgIpc) is 3.28. The van der Waals surface area contributed by atoms with E-state index < -0.39 is 30.3 Å². The van der Waals surface area contributed by atoms with Gasteiger partial charge in [-0.05, 0) is 17.7 Å². The summed E-state index contributed by atoms with van der Waals surface area (Å²) in [4.78, 5) is 18.3. The monoisotopic (exact) mass is 347 g/mol. The highest BCUT2D eigenvalue weighted by atomic mass is 16.7. The van der Waals surface area contributed by atoms with E-state index >= 15 is 0 Å². The second-order valence-corrected chi connectivity index (χ2v) is 5.77. The molecule has 25 heavy (non-hydrogen) atoms. The molecular weight excluding hydrogens is 326 g/mol. The Balaban J connectivity index is 1.96. The van der Waals surface area contributed by atoms with E-state index in [1.165, 1.54) is 20.5 Å². The highest BCUT2D eigenvalue weighted by molar-refractivity contribution is 5.74. The summed E-state index contributed by atoms with van der Waals surface area (Å²) in [5.41, 5.74) is 0.996. The normalized spacial score (nSPS) is 25.0. The third kappa shape index (κ3) is 3.59. The molecule has 134 valence electrons. The molecule has 7 nitrogen and oxygen atoms in total. The number of methoxy groups -OCH3 is 2. The van der Waals surface area contributed by atoms with E-state index in [0.29, 0.717) is 12.3 Å². The van der Waals surface area contributed by atoms with E-state index in [0.717, 1.165) is 5.56 Å². The van der Waals surface area contributed by atoms with Crippen LogP contribution >= 0.6 is 0 Å². The van der Waals surface area contributed by atoms with Gasteiger partial charge in [-0.2, -0.15) is 5.06 Å². The van der Waals surface area contributed by atoms with E-state index in [1.54, 1.807) is 17.2 Å². The first-order valence-electron chi connectivity index (χ1n) is 7.95. The molecule has 1 aliphatic rings. The van der Waals surface area contributed by atoms with Crippen LogP contribution in [0.2, 0.25) is 0 Å². The van der Waals surface area contributed by atoms with Gasteiger partial charge >= 0.3 is 5.97 Å². The summed E-state index contributed by atoms with van der Waals surface area (Å²) >= 11 is 0. The van der Waals surface area contributed by atoms with Crippen LogP contribution in [0, 0.1) is 5.92 Å². The summed E-state index contributed by atoms with van der Waals surface area (Å²) in [6.07, 6.45) is -0.650. The first-order chi connectivity index (χ1) is 12.2. The van der Waals surface area contributed by atoms with Crippen LogP contribution in [0.25, 0.3) is 0 Å². The van der Waals surface area contributed by atoms with Crippen LogP contribution < -0.4 is 0 Å². The smallest absolute Gasteiger partial charge is 0.313 e. The van der Waals surface area contributed by atoms with E-state index in [4.69, 9.17) is 18.7 Å². The number of ether oxygens (including phenoxy) is 2. The predicted molar refractivity (Wildman–Crippen MR) is 86.8 cm³/mol. The van der Waals surface area contributed by atoms with Crippen molar-refractivity contribution >= 4 is 5.97 Å². The largest absolute Gasteiger partial charge is 0.469 e. The number of furan rings is 1. The topological polar surface area (TPSA) is 81.4 Å². The molecule has 0 saturated carbocycles. The lowest BCUT2D eigenvalue weighted by Crippen LogP contribution is -2.38. The molecule has 0 unspecified atom stereocenters. The Hall–Kier alpha value is -2.19. The first kappa shape index (κ1) is 17.6. The molecule has 7 heteroatoms. The molecule has 1 aromatic carbocycles. The van der Waals surface area contributed by atoms with Gasteiger partial charge in [0.15, 0.2) is 6.29 Å². The maximum absolute atomic E-state index is 12.4. The third-order valence-electron chi connectivity index (χ3n) is 4.27. The molecule has 1 saturated heterocycles. The van der Waals surface area contributed by atoms with Crippen LogP contribution in [-0.2, 0) is 25.7 Å². The van der Waals surface area contributed by atoms with E-state index in [9.17, 15) is 9.90 Å². The second-order valence-electron chi connectivity index (χ2n) is 5.77. The van der Waals surface area contributed by atoms with Crippen molar-refractivity contribution < 1.29 is 28.6 Å². The molecule has 2 heterocycles. The Morgan fingerprint density at radius 3 is 2.60 bits per heavy atom. The zero-order valence-corrected chi connectivity index (χ0v) is 14.1. The minimum Gasteiger partial charge on any atom is -0.469 e. The molecule has 1 N–H and O–H groups in total. The van der Waals surface area contributed by atoms with Gasteiger partial charge in [0.1, 0.15) is 23.8 Å². The van der Waals surface area contributed by atoms with Crippen molar-refractivity contribution in [3.63, 3.8) is 0 Å². The van der Waals surface area contributed by atoms with E-state index in [1.807, 2.05) is 30.3 Å². The summed E-state index contributed by atoms with van der Waals surface area (Å²) in [5.74, 6) is -0.745. The Kier molecular flexibility index (Phi) is 5.50. The third-order valence-corrected chi connectivity index (χ3v) is 4.27. The average molecular weight is 347 g/mol. The highest BCUT2D eigenvalue weighted by Gasteiger charge is 2.53. The number of hydrogen-bond donors (Lipinski definition) is 1. The van der Waals surface area contributed by atoms with Crippen molar-refractivity contribution in [2.45, 2.75) is 25.0 Å². The number of aliphatic hydroxyl groups is 1. The molecule has 0 amide bonds. The van der Waals surface area contributed by atoms with Crippen LogP contribution in [0.4, 0.5) is 0 Å². The van der Waals surface area contributed by atoms with Crippen LogP contribution in [0.5, 0.6) is 0 Å². The lowest BCUT2D eigenvalue weighted by molar-refractivity contribution is -0.238. The second kappa shape index (κ2) is 7.79. The number of carbonyl (C=O) groups is 1. The molecule has 3 rings (SSSR count). The van der Waals surface area contributed by atoms with Crippen molar-refractivity contribution in [2.75, 3.05) is 14.2 Å². The van der Waals surface area contributed by atoms with Crippen molar-refractivity contribution in [2.24, 2.45) is 5.92 Å². The van der Waals surface area contributed by atoms with Crippen LogP contribution in [0.3, 0.4) is 0 Å². The van der Waals surface area contributed by atoms with Gasteiger partial charge in [-0.3, -0.25) is 9.63 Å². The van der Waals surface area contributed by atoms with Gasteiger partial charge < -0.3 is 19.0 Å². The van der Waals surface area contributed by atoms with Crippen molar-refractivity contribution in [1.82, 2.24) is 5.06 Å². The number of hydroxylamine groups is 2. The lowest BCUT2D eigenvalue weighted by Gasteiger charge is -2.22. The van der Waals surface area contributed by atoms with Gasteiger partial charge in [-0.1, -0.05) is 30.3 Å². The zero-order chi connectivity index (χ0) is 17.8. The molecule has 4 atom stereocenters. The quantitative estimate of drug-likeness (QED) is 0.631. The summed E-state index contributed by atoms with van der Waals surface area (Å²) in [6, 6.07) is 12.6. The number of aliphatic hydroxyl groups excluding tert-OH is 1. The summed E-state index contributed by atoms with van der Waals surface area (Å²) in [5, 5.41) is 11.8. The minimum atomic E-state index is -1.28. The summed E-state index contributed by atoms with van der Waals surface area (Å²) in [6.45, 7) is 0.409. The molecule has 1 aromatic heterocycles. The van der Waals surface area contributed by atoms with Gasteiger partial charge in [-0.25, -0.2) is 0 Å². The van der Waals surface area contributed by atoms with Crippen molar-refractivity contribution in [3.05, 3.63) is 60.1 Å². The SMILES string of the molecule is COC(=O)[C@@H]1[C@@H]([C@@H](O)OC)ON(Cc2ccccc2)[C@H]1c1ccco1. The van der Waals surface area contributed by atoms with Gasteiger partial charge in [0.2, 0.25) is 0 Å². The molecule has 1 aliphatic heterocycles. The van der Waals surface area contributed by atoms with E-state index in [2.05, 4.69) is 0 Å². The Labute approximate surface area is 145 Å². The molecule has 0 radical (unpaired) electrons. The van der Waals surface area contributed by atoms with Crippen LogP contribution in [-0.4, -0.2) is 42.8 Å². The fourth-order valence-corrected chi connectivity index (χ4v) is 3.09. The standard InChI is InChI=1S/C18H21NO6/c1-22-17(20)14-15(13-9-6-10-24-13)19(25-16(14)18(21)23-2)11-12-7-4-3-5-8-12/h3-10,14-16,18,21H,11H2,1-2H3/t14-,15-,16-,18-/m0/s1. The highest BCUT2D eigenvalue weighted by Crippen LogP contribution is 2.42. The summed E-state index contributed by atoms with van der Waals surface area (Å²) < 4.78 is 15.4. The molecule has 0 aliphatic carbocycles. The van der Waals surface area contributed by atoms with Crippen molar-refractivity contribution in [3.8, 4) is 0 Å². The fraction of sp³-hybridized carbons (Fsp3) is 0.389. The zero-order valence-electron chi connectivity index (χ0n) is 14.1. The number of hydrogen-bond acceptors (Lipinski definition) is 7. The maximum atomic E-state index is 12.4. The van der Waals surface area contributed by atoms with Crippen LogP contribution in [0.15, 0.2) is 53.1 Å². The number of esters is 1. The predicted octanol–water partition coefficient (Wildman–Crippen LogP) is 1.89. The minimum absolute atomic E-state index is 0.409. The number of benzene rings is 1. The Bertz CT molecular complexity index is 674. The fourth-order valence-electron chi connectivity index (χ4n) is 3.09. The molecule has 0 bridgehead atoms. The van der Waals surface area contributed by atoms with Crippen molar-refractivity contribution in [1.29, 1.82) is 0 Å².